The fourth-order valence-corrected chi connectivity index (χ4v) is 3.84. The minimum Gasteiger partial charge on any atom is -0.342 e. The molecule has 0 radical (unpaired) electrons. The van der Waals surface area contributed by atoms with Gasteiger partial charge >= 0.3 is 0 Å². The van der Waals surface area contributed by atoms with Gasteiger partial charge in [-0.05, 0) is 30.7 Å². The summed E-state index contributed by atoms with van der Waals surface area (Å²) in [5, 5.41) is 4.70. The van der Waals surface area contributed by atoms with Gasteiger partial charge in [0, 0.05) is 62.7 Å². The van der Waals surface area contributed by atoms with Crippen LogP contribution >= 0.6 is 11.6 Å². The van der Waals surface area contributed by atoms with Crippen molar-refractivity contribution >= 4 is 23.4 Å². The molecule has 0 saturated carbocycles. The highest BCUT2D eigenvalue weighted by molar-refractivity contribution is 6.30. The molecule has 2 aromatic rings. The van der Waals surface area contributed by atoms with Crippen molar-refractivity contribution in [2.24, 2.45) is 0 Å². The number of carbonyl (C=O) groups excluding carboxylic acids is 2. The van der Waals surface area contributed by atoms with Crippen LogP contribution in [0.1, 0.15) is 25.2 Å². The van der Waals surface area contributed by atoms with Crippen LogP contribution in [0.2, 0.25) is 5.02 Å². The maximum absolute atomic E-state index is 12.4. The lowest BCUT2D eigenvalue weighted by molar-refractivity contribution is -0.134. The maximum Gasteiger partial charge on any atom is 0.241 e. The molecule has 2 aliphatic rings. The Morgan fingerprint density at radius 1 is 1.10 bits per heavy atom. The minimum absolute atomic E-state index is 0.118. The highest BCUT2D eigenvalue weighted by atomic mass is 35.5. The zero-order valence-corrected chi connectivity index (χ0v) is 17.0. The van der Waals surface area contributed by atoms with Crippen LogP contribution in [0.5, 0.6) is 0 Å². The topological polar surface area (TPSA) is 82.8 Å². The molecule has 2 amide bonds. The summed E-state index contributed by atoms with van der Waals surface area (Å²) in [6, 6.07) is 7.31. The molecule has 2 saturated heterocycles. The Morgan fingerprint density at radius 3 is 2.55 bits per heavy atom. The van der Waals surface area contributed by atoms with Gasteiger partial charge in [0.05, 0.1) is 6.54 Å². The van der Waals surface area contributed by atoms with Crippen molar-refractivity contribution in [1.29, 1.82) is 0 Å². The number of piperazine rings is 1. The van der Waals surface area contributed by atoms with E-state index in [9.17, 15) is 9.59 Å². The summed E-state index contributed by atoms with van der Waals surface area (Å²) < 4.78 is 5.38. The molecular formula is C20H24ClN5O3. The van der Waals surface area contributed by atoms with Crippen LogP contribution in [0, 0.1) is 0 Å². The van der Waals surface area contributed by atoms with Crippen LogP contribution < -0.4 is 0 Å². The van der Waals surface area contributed by atoms with Gasteiger partial charge in [-0.1, -0.05) is 16.8 Å². The summed E-state index contributed by atoms with van der Waals surface area (Å²) in [5.41, 5.74) is 0.858. The number of hydrogen-bond donors (Lipinski definition) is 0. The van der Waals surface area contributed by atoms with Gasteiger partial charge in [-0.3, -0.25) is 14.5 Å². The van der Waals surface area contributed by atoms with Crippen molar-refractivity contribution in [2.75, 3.05) is 39.3 Å². The SMILES string of the molecule is O=C1CCCN1CCC(=O)N1CCN(Cc2nc(-c3ccc(Cl)cc3)no2)CC1. The molecule has 0 N–H and O–H groups in total. The largest absolute Gasteiger partial charge is 0.342 e. The van der Waals surface area contributed by atoms with E-state index in [2.05, 4.69) is 15.0 Å². The summed E-state index contributed by atoms with van der Waals surface area (Å²) in [6.07, 6.45) is 1.92. The Hall–Kier alpha value is -2.45. The molecule has 29 heavy (non-hydrogen) atoms. The number of hydrogen-bond acceptors (Lipinski definition) is 6. The molecule has 4 rings (SSSR count). The van der Waals surface area contributed by atoms with E-state index in [1.54, 1.807) is 17.0 Å². The Labute approximate surface area is 174 Å². The second-order valence-corrected chi connectivity index (χ2v) is 7.85. The molecule has 0 spiro atoms. The van der Waals surface area contributed by atoms with Crippen molar-refractivity contribution in [3.8, 4) is 11.4 Å². The zero-order valence-electron chi connectivity index (χ0n) is 16.2. The van der Waals surface area contributed by atoms with Gasteiger partial charge < -0.3 is 14.3 Å². The molecule has 0 aliphatic carbocycles. The van der Waals surface area contributed by atoms with Crippen molar-refractivity contribution in [3.05, 3.63) is 35.2 Å². The first-order valence-corrected chi connectivity index (χ1v) is 10.3. The number of halogens is 1. The second-order valence-electron chi connectivity index (χ2n) is 7.41. The fraction of sp³-hybridized carbons (Fsp3) is 0.500. The average Bonchev–Trinajstić information content (AvgIpc) is 3.36. The minimum atomic E-state index is 0.118. The van der Waals surface area contributed by atoms with Gasteiger partial charge in [-0.25, -0.2) is 0 Å². The van der Waals surface area contributed by atoms with E-state index in [1.807, 2.05) is 17.0 Å². The Balaban J connectivity index is 1.23. The Kier molecular flexibility index (Phi) is 6.10. The number of amides is 2. The lowest BCUT2D eigenvalue weighted by atomic mass is 10.2. The van der Waals surface area contributed by atoms with E-state index >= 15 is 0 Å². The summed E-state index contributed by atoms with van der Waals surface area (Å²) in [4.78, 5) is 34.4. The van der Waals surface area contributed by atoms with E-state index in [1.165, 1.54) is 0 Å². The van der Waals surface area contributed by atoms with Gasteiger partial charge in [0.1, 0.15) is 0 Å². The third kappa shape index (κ3) is 4.94. The Bertz CT molecular complexity index is 861. The van der Waals surface area contributed by atoms with E-state index in [-0.39, 0.29) is 11.8 Å². The summed E-state index contributed by atoms with van der Waals surface area (Å²) in [5.74, 6) is 1.39. The third-order valence-corrected chi connectivity index (χ3v) is 5.67. The third-order valence-electron chi connectivity index (χ3n) is 5.42. The first-order chi connectivity index (χ1) is 14.1. The van der Waals surface area contributed by atoms with Gasteiger partial charge in [-0.2, -0.15) is 4.98 Å². The molecule has 0 bridgehead atoms. The van der Waals surface area contributed by atoms with Crippen LogP contribution in [-0.2, 0) is 16.1 Å². The van der Waals surface area contributed by atoms with Crippen LogP contribution in [-0.4, -0.2) is 75.9 Å². The number of rotatable bonds is 6. The van der Waals surface area contributed by atoms with Gasteiger partial charge in [0.15, 0.2) is 0 Å². The predicted octanol–water partition coefficient (Wildman–Crippen LogP) is 2.05. The number of carbonyl (C=O) groups is 2. The first-order valence-electron chi connectivity index (χ1n) is 9.95. The molecule has 0 atom stereocenters. The lowest BCUT2D eigenvalue weighted by Gasteiger charge is -2.34. The molecule has 9 heteroatoms. The Morgan fingerprint density at radius 2 is 1.86 bits per heavy atom. The molecule has 8 nitrogen and oxygen atoms in total. The van der Waals surface area contributed by atoms with Crippen molar-refractivity contribution in [3.63, 3.8) is 0 Å². The van der Waals surface area contributed by atoms with Crippen molar-refractivity contribution in [2.45, 2.75) is 25.8 Å². The molecule has 3 heterocycles. The number of aromatic nitrogens is 2. The molecule has 2 fully saturated rings. The predicted molar refractivity (Wildman–Crippen MR) is 107 cm³/mol. The van der Waals surface area contributed by atoms with Gasteiger partial charge in [0.25, 0.3) is 0 Å². The van der Waals surface area contributed by atoms with Crippen molar-refractivity contribution < 1.29 is 14.1 Å². The van der Waals surface area contributed by atoms with E-state index in [0.717, 1.165) is 31.6 Å². The quantitative estimate of drug-likeness (QED) is 0.715. The lowest BCUT2D eigenvalue weighted by Crippen LogP contribution is -2.48. The standard InChI is InChI=1S/C20H24ClN5O3/c21-16-5-3-15(4-6-16)20-22-17(29-23-20)14-24-10-12-26(13-11-24)19(28)7-9-25-8-1-2-18(25)27/h3-6H,1-2,7-14H2. The zero-order chi connectivity index (χ0) is 20.2. The number of nitrogens with zero attached hydrogens (tertiary/aromatic N) is 5. The highest BCUT2D eigenvalue weighted by Crippen LogP contribution is 2.19. The summed E-state index contributed by atoms with van der Waals surface area (Å²) >= 11 is 5.91. The van der Waals surface area contributed by atoms with E-state index in [0.29, 0.717) is 55.8 Å². The average molecular weight is 418 g/mol. The summed E-state index contributed by atoms with van der Waals surface area (Å²) in [6.45, 7) is 4.73. The van der Waals surface area contributed by atoms with E-state index < -0.39 is 0 Å². The second kappa shape index (κ2) is 8.92. The fourth-order valence-electron chi connectivity index (χ4n) is 3.71. The molecule has 1 aromatic heterocycles. The van der Waals surface area contributed by atoms with Gasteiger partial charge in [-0.15, -0.1) is 0 Å². The molecule has 1 aromatic carbocycles. The highest BCUT2D eigenvalue weighted by Gasteiger charge is 2.25. The first kappa shape index (κ1) is 19.8. The molecule has 0 unspecified atom stereocenters. The number of likely N-dealkylation sites (tertiary alicyclic amines) is 1. The number of benzene rings is 1. The van der Waals surface area contributed by atoms with Gasteiger partial charge in [0.2, 0.25) is 23.5 Å². The van der Waals surface area contributed by atoms with Crippen molar-refractivity contribution in [1.82, 2.24) is 24.8 Å². The monoisotopic (exact) mass is 417 g/mol. The summed E-state index contributed by atoms with van der Waals surface area (Å²) in [7, 11) is 0. The maximum atomic E-state index is 12.4. The van der Waals surface area contributed by atoms with Crippen LogP contribution in [0.15, 0.2) is 28.8 Å². The molecule has 2 aliphatic heterocycles. The normalized spacial score (nSPS) is 17.9. The van der Waals surface area contributed by atoms with Crippen LogP contribution in [0.25, 0.3) is 11.4 Å². The van der Waals surface area contributed by atoms with E-state index in [4.69, 9.17) is 16.1 Å². The smallest absolute Gasteiger partial charge is 0.241 e. The van der Waals surface area contributed by atoms with Crippen LogP contribution in [0.4, 0.5) is 0 Å². The molecule has 154 valence electrons. The molecular weight excluding hydrogens is 394 g/mol. The van der Waals surface area contributed by atoms with Crippen LogP contribution in [0.3, 0.4) is 0 Å².